The molecule has 0 spiro atoms. The van der Waals surface area contributed by atoms with Gasteiger partial charge in [-0.15, -0.1) is 0 Å². The molecule has 0 saturated carbocycles. The van der Waals surface area contributed by atoms with Crippen LogP contribution in [0.1, 0.15) is 20.3 Å². The smallest absolute Gasteiger partial charge is 0.218 e. The van der Waals surface area contributed by atoms with Gasteiger partial charge < -0.3 is 4.74 Å². The van der Waals surface area contributed by atoms with E-state index in [1.165, 1.54) is 0 Å². The molecule has 94 valence electrons. The third kappa shape index (κ3) is 4.98. The zero-order valence-corrected chi connectivity index (χ0v) is 11.4. The molecule has 1 aromatic carbocycles. The molecule has 0 saturated heterocycles. The van der Waals surface area contributed by atoms with Crippen LogP contribution >= 0.6 is 24.5 Å². The number of carbonyl (C=O) groups excluding carboxylic acids is 1. The van der Waals surface area contributed by atoms with Gasteiger partial charge in [0.25, 0.3) is 0 Å². The molecule has 1 rings (SSSR count). The first-order valence-electron chi connectivity index (χ1n) is 5.28. The van der Waals surface area contributed by atoms with Crippen molar-refractivity contribution in [3.8, 4) is 5.75 Å². The highest BCUT2D eigenvalue weighted by atomic mass is 35.5. The third-order valence-corrected chi connectivity index (χ3v) is 2.70. The first-order chi connectivity index (χ1) is 8.02. The minimum Gasteiger partial charge on any atom is -0.463 e. The number of carbonyl (C=O) groups is 1. The number of Topliss-reactive ketones (excluding diaryl/α,β-unsaturated/α-hetero) is 1. The molecular formula is C12H15ClO3S. The average molecular weight is 275 g/mol. The molecule has 0 aliphatic carbocycles. The first-order valence-corrected chi connectivity index (χ1v) is 6.02. The molecule has 1 aromatic rings. The molecule has 0 aliphatic heterocycles. The number of rotatable bonds is 6. The highest BCUT2D eigenvalue weighted by Crippen LogP contribution is 2.19. The fourth-order valence-electron chi connectivity index (χ4n) is 1.17. The van der Waals surface area contributed by atoms with Crippen LogP contribution in [0, 0.1) is 5.92 Å². The van der Waals surface area contributed by atoms with Gasteiger partial charge in [0.2, 0.25) is 6.29 Å². The second kappa shape index (κ2) is 6.89. The van der Waals surface area contributed by atoms with Crippen molar-refractivity contribution in [2.45, 2.75) is 26.6 Å². The van der Waals surface area contributed by atoms with E-state index in [1.54, 1.807) is 24.3 Å². The van der Waals surface area contributed by atoms with Gasteiger partial charge >= 0.3 is 0 Å². The van der Waals surface area contributed by atoms with Crippen LogP contribution in [0.2, 0.25) is 5.02 Å². The summed E-state index contributed by atoms with van der Waals surface area (Å²) >= 11 is 9.46. The summed E-state index contributed by atoms with van der Waals surface area (Å²) in [5.41, 5.74) is 0. The molecule has 0 heterocycles. The molecule has 17 heavy (non-hydrogen) atoms. The molecule has 0 amide bonds. The summed E-state index contributed by atoms with van der Waals surface area (Å²) in [5.74, 6) is 0.609. The van der Waals surface area contributed by atoms with E-state index in [0.717, 1.165) is 0 Å². The van der Waals surface area contributed by atoms with Gasteiger partial charge in [0, 0.05) is 10.9 Å². The maximum Gasteiger partial charge on any atom is 0.218 e. The number of hydrogen-bond acceptors (Lipinski definition) is 4. The topological polar surface area (TPSA) is 35.5 Å². The second-order valence-electron chi connectivity index (χ2n) is 3.93. The van der Waals surface area contributed by atoms with Gasteiger partial charge in [0.1, 0.15) is 11.5 Å². The summed E-state index contributed by atoms with van der Waals surface area (Å²) in [6, 6.07) is 6.83. The summed E-state index contributed by atoms with van der Waals surface area (Å²) in [7, 11) is 0. The van der Waals surface area contributed by atoms with Crippen LogP contribution in [0.5, 0.6) is 5.75 Å². The van der Waals surface area contributed by atoms with Gasteiger partial charge in [-0.05, 0) is 37.2 Å². The molecule has 1 atom stereocenters. The van der Waals surface area contributed by atoms with Crippen LogP contribution in [0.25, 0.3) is 0 Å². The molecule has 0 radical (unpaired) electrons. The minimum atomic E-state index is -0.686. The van der Waals surface area contributed by atoms with Gasteiger partial charge in [0.15, 0.2) is 0 Å². The van der Waals surface area contributed by atoms with Crippen molar-refractivity contribution in [3.63, 3.8) is 0 Å². The van der Waals surface area contributed by atoms with Crippen molar-refractivity contribution in [1.29, 1.82) is 0 Å². The van der Waals surface area contributed by atoms with Gasteiger partial charge in [-0.3, -0.25) is 8.98 Å². The van der Waals surface area contributed by atoms with E-state index in [9.17, 15) is 4.79 Å². The predicted molar refractivity (Wildman–Crippen MR) is 70.4 cm³/mol. The average Bonchev–Trinajstić information content (AvgIpc) is 2.30. The Balaban J connectivity index is 2.57. The van der Waals surface area contributed by atoms with Crippen molar-refractivity contribution in [3.05, 3.63) is 29.3 Å². The standard InChI is InChI=1S/C12H15ClO3S/c1-8(2)11(14)7-12(16-17)15-10-5-3-9(13)4-6-10/h3-6,8,12,17H,7H2,1-2H3. The molecule has 1 unspecified atom stereocenters. The van der Waals surface area contributed by atoms with Crippen LogP contribution < -0.4 is 4.74 Å². The van der Waals surface area contributed by atoms with E-state index in [0.29, 0.717) is 10.8 Å². The van der Waals surface area contributed by atoms with E-state index in [2.05, 4.69) is 12.9 Å². The Labute approximate surface area is 112 Å². The van der Waals surface area contributed by atoms with E-state index in [-0.39, 0.29) is 18.1 Å². The monoisotopic (exact) mass is 274 g/mol. The fourth-order valence-corrected chi connectivity index (χ4v) is 1.41. The molecule has 3 nitrogen and oxygen atoms in total. The summed E-state index contributed by atoms with van der Waals surface area (Å²) in [5, 5.41) is 0.624. The molecule has 0 aliphatic rings. The highest BCUT2D eigenvalue weighted by molar-refractivity contribution is 7.75. The highest BCUT2D eigenvalue weighted by Gasteiger charge is 2.17. The summed E-state index contributed by atoms with van der Waals surface area (Å²) in [6.45, 7) is 3.67. The van der Waals surface area contributed by atoms with Crippen LogP contribution in [0.4, 0.5) is 0 Å². The third-order valence-electron chi connectivity index (χ3n) is 2.21. The quantitative estimate of drug-likeness (QED) is 0.490. The molecular weight excluding hydrogens is 260 g/mol. The van der Waals surface area contributed by atoms with Crippen LogP contribution in [0.3, 0.4) is 0 Å². The predicted octanol–water partition coefficient (Wildman–Crippen LogP) is 3.52. The van der Waals surface area contributed by atoms with Crippen molar-refractivity contribution >= 4 is 30.3 Å². The lowest BCUT2D eigenvalue weighted by Crippen LogP contribution is -2.23. The minimum absolute atomic E-state index is 0.0465. The number of halogens is 1. The largest absolute Gasteiger partial charge is 0.463 e. The van der Waals surface area contributed by atoms with Gasteiger partial charge in [-0.2, -0.15) is 0 Å². The Morgan fingerprint density at radius 1 is 1.35 bits per heavy atom. The molecule has 0 bridgehead atoms. The molecule has 0 fully saturated rings. The van der Waals surface area contributed by atoms with E-state index < -0.39 is 6.29 Å². The Kier molecular flexibility index (Phi) is 5.82. The first kappa shape index (κ1) is 14.4. The molecule has 5 heteroatoms. The number of thiol groups is 1. The maximum absolute atomic E-state index is 11.5. The van der Waals surface area contributed by atoms with Gasteiger partial charge in [0.05, 0.1) is 6.42 Å². The lowest BCUT2D eigenvalue weighted by atomic mass is 10.1. The van der Waals surface area contributed by atoms with E-state index in [4.69, 9.17) is 20.5 Å². The Morgan fingerprint density at radius 3 is 2.41 bits per heavy atom. The van der Waals surface area contributed by atoms with Crippen LogP contribution in [0.15, 0.2) is 24.3 Å². The van der Waals surface area contributed by atoms with Crippen LogP contribution in [-0.4, -0.2) is 12.1 Å². The summed E-state index contributed by atoms with van der Waals surface area (Å²) < 4.78 is 10.3. The number of benzene rings is 1. The normalized spacial score (nSPS) is 12.5. The van der Waals surface area contributed by atoms with Crippen molar-refractivity contribution in [2.75, 3.05) is 0 Å². The van der Waals surface area contributed by atoms with Crippen LogP contribution in [-0.2, 0) is 8.98 Å². The second-order valence-corrected chi connectivity index (χ2v) is 4.58. The number of ketones is 1. The van der Waals surface area contributed by atoms with Crippen molar-refractivity contribution in [1.82, 2.24) is 0 Å². The Bertz CT molecular complexity index is 365. The number of ether oxygens (including phenoxy) is 1. The summed E-state index contributed by atoms with van der Waals surface area (Å²) in [6.07, 6.45) is -0.515. The zero-order chi connectivity index (χ0) is 12.8. The lowest BCUT2D eigenvalue weighted by molar-refractivity contribution is -0.126. The number of hydrogen-bond donors (Lipinski definition) is 1. The van der Waals surface area contributed by atoms with E-state index >= 15 is 0 Å². The Morgan fingerprint density at radius 2 is 1.94 bits per heavy atom. The fraction of sp³-hybridized carbons (Fsp3) is 0.417. The summed E-state index contributed by atoms with van der Waals surface area (Å²) in [4.78, 5) is 11.5. The van der Waals surface area contributed by atoms with Crippen molar-refractivity contribution in [2.24, 2.45) is 5.92 Å². The SMILES string of the molecule is CC(C)C(=O)CC(OS)Oc1ccc(Cl)cc1. The van der Waals surface area contributed by atoms with Crippen molar-refractivity contribution < 1.29 is 13.7 Å². The zero-order valence-electron chi connectivity index (χ0n) is 9.72. The lowest BCUT2D eigenvalue weighted by Gasteiger charge is -2.16. The molecule has 0 aromatic heterocycles. The molecule has 0 N–H and O–H groups in total. The van der Waals surface area contributed by atoms with Gasteiger partial charge in [-0.25, -0.2) is 0 Å². The van der Waals surface area contributed by atoms with Gasteiger partial charge in [-0.1, -0.05) is 25.4 Å². The maximum atomic E-state index is 11.5. The van der Waals surface area contributed by atoms with E-state index in [1.807, 2.05) is 13.8 Å². The Hall–Kier alpha value is -0.710.